The van der Waals surface area contributed by atoms with E-state index in [1.807, 2.05) is 10.8 Å². The molecule has 0 N–H and O–H groups in total. The lowest BCUT2D eigenvalue weighted by Crippen LogP contribution is -2.54. The van der Waals surface area contributed by atoms with Crippen LogP contribution >= 0.6 is 0 Å². The number of hydrogen-bond acceptors (Lipinski definition) is 5. The van der Waals surface area contributed by atoms with E-state index < -0.39 is 17.7 Å². The van der Waals surface area contributed by atoms with Gasteiger partial charge in [0.1, 0.15) is 11.4 Å². The molecule has 2 aromatic heterocycles. The van der Waals surface area contributed by atoms with Crippen LogP contribution in [0.3, 0.4) is 0 Å². The molecule has 1 spiro atoms. The van der Waals surface area contributed by atoms with Gasteiger partial charge in [-0.25, -0.2) is 9.97 Å². The lowest BCUT2D eigenvalue weighted by Gasteiger charge is -2.45. The fraction of sp³-hybridized carbons (Fsp3) is 0.474. The van der Waals surface area contributed by atoms with E-state index in [0.717, 1.165) is 11.9 Å². The summed E-state index contributed by atoms with van der Waals surface area (Å²) in [6.45, 7) is 1.28. The second kappa shape index (κ2) is 6.97. The molecule has 0 bridgehead atoms. The lowest BCUT2D eigenvalue weighted by atomic mass is 9.88. The minimum absolute atomic E-state index is 0.0931. The number of ether oxygens (including phenoxy) is 1. The Balaban J connectivity index is 1.54. The fourth-order valence-electron chi connectivity index (χ4n) is 3.94. The van der Waals surface area contributed by atoms with Gasteiger partial charge >= 0.3 is 0 Å². The maximum Gasteiger partial charge on any atom is 0.254 e. The van der Waals surface area contributed by atoms with E-state index >= 15 is 0 Å². The number of imidazole rings is 1. The molecular weight excluding hydrogens is 365 g/mol. The number of amides is 2. The summed E-state index contributed by atoms with van der Waals surface area (Å²) in [5.74, 6) is -0.222. The Bertz CT molecular complexity index is 904. The second-order valence-electron chi connectivity index (χ2n) is 7.40. The first-order valence-electron chi connectivity index (χ1n) is 9.21. The monoisotopic (exact) mass is 387 g/mol. The smallest absolute Gasteiger partial charge is 0.254 e. The van der Waals surface area contributed by atoms with Gasteiger partial charge in [0, 0.05) is 70.2 Å². The highest BCUT2D eigenvalue weighted by Crippen LogP contribution is 2.40. The SMILES string of the molecule is CN(C)C(=O)[C@@H]1Cn2ccnc2C2(CCN(C(=O)c3ccnc(F)c3)CC2)O1. The van der Waals surface area contributed by atoms with Crippen LogP contribution in [0.4, 0.5) is 4.39 Å². The summed E-state index contributed by atoms with van der Waals surface area (Å²) in [5, 5.41) is 0. The lowest BCUT2D eigenvalue weighted by molar-refractivity contribution is -0.178. The van der Waals surface area contributed by atoms with Crippen molar-refractivity contribution in [2.45, 2.75) is 31.1 Å². The van der Waals surface area contributed by atoms with Crippen LogP contribution in [0.1, 0.15) is 29.0 Å². The van der Waals surface area contributed by atoms with Gasteiger partial charge in [-0.3, -0.25) is 9.59 Å². The van der Waals surface area contributed by atoms with Crippen molar-refractivity contribution < 1.29 is 18.7 Å². The first kappa shape index (κ1) is 18.5. The standard InChI is InChI=1S/C19H22FN5O3/c1-23(2)17(27)14-12-25-10-7-22-18(25)19(28-14)4-8-24(9-5-19)16(26)13-3-6-21-15(20)11-13/h3,6-7,10-11,14H,4-5,8-9,12H2,1-2H3/t14-/m0/s1. The van der Waals surface area contributed by atoms with Crippen LogP contribution in [0.15, 0.2) is 30.7 Å². The molecule has 1 saturated heterocycles. The molecule has 0 radical (unpaired) electrons. The number of rotatable bonds is 2. The van der Waals surface area contributed by atoms with Gasteiger partial charge in [0.05, 0.1) is 6.54 Å². The van der Waals surface area contributed by atoms with Crippen LogP contribution in [0.2, 0.25) is 0 Å². The molecule has 148 valence electrons. The number of carbonyl (C=O) groups excluding carboxylic acids is 2. The highest BCUT2D eigenvalue weighted by atomic mass is 19.1. The predicted molar refractivity (Wildman–Crippen MR) is 96.8 cm³/mol. The van der Waals surface area contributed by atoms with Gasteiger partial charge < -0.3 is 19.1 Å². The number of aromatic nitrogens is 3. The summed E-state index contributed by atoms with van der Waals surface area (Å²) in [6.07, 6.45) is 5.29. The van der Waals surface area contributed by atoms with Crippen molar-refractivity contribution in [1.82, 2.24) is 24.3 Å². The molecule has 4 rings (SSSR count). The highest BCUT2D eigenvalue weighted by molar-refractivity contribution is 5.94. The molecule has 0 aromatic carbocycles. The zero-order valence-corrected chi connectivity index (χ0v) is 15.8. The Labute approximate surface area is 161 Å². The molecule has 2 aliphatic heterocycles. The van der Waals surface area contributed by atoms with Crippen molar-refractivity contribution in [3.8, 4) is 0 Å². The van der Waals surface area contributed by atoms with Gasteiger partial charge in [0.25, 0.3) is 11.8 Å². The average molecular weight is 387 g/mol. The average Bonchev–Trinajstić information content (AvgIpc) is 3.17. The fourth-order valence-corrected chi connectivity index (χ4v) is 3.94. The Morgan fingerprint density at radius 3 is 2.68 bits per heavy atom. The van der Waals surface area contributed by atoms with Gasteiger partial charge in [-0.2, -0.15) is 4.39 Å². The molecule has 1 atom stereocenters. The van der Waals surface area contributed by atoms with Crippen molar-refractivity contribution in [2.75, 3.05) is 27.2 Å². The number of piperidine rings is 1. The van der Waals surface area contributed by atoms with E-state index in [-0.39, 0.29) is 17.4 Å². The van der Waals surface area contributed by atoms with Crippen LogP contribution < -0.4 is 0 Å². The van der Waals surface area contributed by atoms with Crippen LogP contribution in [0.5, 0.6) is 0 Å². The number of carbonyl (C=O) groups is 2. The summed E-state index contributed by atoms with van der Waals surface area (Å²) in [6, 6.07) is 2.65. The molecule has 9 heteroatoms. The van der Waals surface area contributed by atoms with Crippen LogP contribution in [0.25, 0.3) is 0 Å². The molecule has 28 heavy (non-hydrogen) atoms. The third-order valence-electron chi connectivity index (χ3n) is 5.40. The van der Waals surface area contributed by atoms with E-state index in [2.05, 4.69) is 9.97 Å². The number of hydrogen-bond donors (Lipinski definition) is 0. The van der Waals surface area contributed by atoms with Crippen LogP contribution in [0, 0.1) is 5.95 Å². The third-order valence-corrected chi connectivity index (χ3v) is 5.40. The molecule has 4 heterocycles. The number of halogens is 1. The van der Waals surface area contributed by atoms with Gasteiger partial charge in [0.2, 0.25) is 5.95 Å². The van der Waals surface area contributed by atoms with E-state index in [1.165, 1.54) is 17.2 Å². The Morgan fingerprint density at radius 2 is 2.00 bits per heavy atom. The zero-order chi connectivity index (χ0) is 19.9. The van der Waals surface area contributed by atoms with Crippen molar-refractivity contribution in [2.24, 2.45) is 0 Å². The Kier molecular flexibility index (Phi) is 4.62. The van der Waals surface area contributed by atoms with Gasteiger partial charge in [0.15, 0.2) is 6.10 Å². The first-order valence-corrected chi connectivity index (χ1v) is 9.21. The highest BCUT2D eigenvalue weighted by Gasteiger charge is 2.47. The molecule has 2 aliphatic rings. The Hall–Kier alpha value is -2.81. The molecule has 2 aromatic rings. The maximum absolute atomic E-state index is 13.3. The molecule has 2 amide bonds. The molecular formula is C19H22FN5O3. The van der Waals surface area contributed by atoms with Crippen molar-refractivity contribution in [1.29, 1.82) is 0 Å². The van der Waals surface area contributed by atoms with Gasteiger partial charge in [-0.05, 0) is 6.07 Å². The Morgan fingerprint density at radius 1 is 1.25 bits per heavy atom. The minimum atomic E-state index is -0.710. The number of pyridine rings is 1. The normalized spacial score (nSPS) is 20.7. The maximum atomic E-state index is 13.3. The summed E-state index contributed by atoms with van der Waals surface area (Å²) < 4.78 is 21.6. The van der Waals surface area contributed by atoms with Crippen molar-refractivity contribution >= 4 is 11.8 Å². The van der Waals surface area contributed by atoms with Crippen LogP contribution in [-0.2, 0) is 21.7 Å². The molecule has 8 nitrogen and oxygen atoms in total. The molecule has 0 aliphatic carbocycles. The van der Waals surface area contributed by atoms with E-state index in [4.69, 9.17) is 4.74 Å². The first-order chi connectivity index (χ1) is 13.4. The zero-order valence-electron chi connectivity index (χ0n) is 15.8. The molecule has 0 unspecified atom stereocenters. The summed E-state index contributed by atoms with van der Waals surface area (Å²) in [7, 11) is 3.41. The van der Waals surface area contributed by atoms with E-state index in [0.29, 0.717) is 32.5 Å². The molecule has 1 fully saturated rings. The largest absolute Gasteiger partial charge is 0.352 e. The number of likely N-dealkylation sites (N-methyl/N-ethyl adjacent to an activating group) is 1. The summed E-state index contributed by atoms with van der Waals surface area (Å²) >= 11 is 0. The van der Waals surface area contributed by atoms with Crippen molar-refractivity contribution in [3.05, 3.63) is 48.1 Å². The molecule has 0 saturated carbocycles. The number of nitrogens with zero attached hydrogens (tertiary/aromatic N) is 5. The van der Waals surface area contributed by atoms with Crippen LogP contribution in [-0.4, -0.2) is 69.4 Å². The van der Waals surface area contributed by atoms with Crippen molar-refractivity contribution in [3.63, 3.8) is 0 Å². The van der Waals surface area contributed by atoms with E-state index in [1.54, 1.807) is 25.2 Å². The number of fused-ring (bicyclic) bond motifs is 2. The minimum Gasteiger partial charge on any atom is -0.352 e. The quantitative estimate of drug-likeness (QED) is 0.720. The summed E-state index contributed by atoms with van der Waals surface area (Å²) in [4.78, 5) is 36.3. The predicted octanol–water partition coefficient (Wildman–Crippen LogP) is 1.04. The topological polar surface area (TPSA) is 80.6 Å². The van der Waals surface area contributed by atoms with Gasteiger partial charge in [-0.1, -0.05) is 0 Å². The number of likely N-dealkylation sites (tertiary alicyclic amines) is 1. The second-order valence-corrected chi connectivity index (χ2v) is 7.40. The summed E-state index contributed by atoms with van der Waals surface area (Å²) in [5.41, 5.74) is -0.437. The van der Waals surface area contributed by atoms with Gasteiger partial charge in [-0.15, -0.1) is 0 Å². The third kappa shape index (κ3) is 3.15. The van der Waals surface area contributed by atoms with E-state index in [9.17, 15) is 14.0 Å².